The first-order valence-electron chi connectivity index (χ1n) is 8.97. The lowest BCUT2D eigenvalue weighted by Gasteiger charge is -2.30. The molecule has 3 heterocycles. The third-order valence-electron chi connectivity index (χ3n) is 4.55. The van der Waals surface area contributed by atoms with E-state index in [1.807, 2.05) is 13.0 Å². The Kier molecular flexibility index (Phi) is 4.43. The summed E-state index contributed by atoms with van der Waals surface area (Å²) >= 11 is 0. The molecule has 0 bridgehead atoms. The molecule has 4 rings (SSSR count). The fourth-order valence-electron chi connectivity index (χ4n) is 3.30. The quantitative estimate of drug-likeness (QED) is 0.650. The zero-order valence-electron chi connectivity index (χ0n) is 15.1. The van der Waals surface area contributed by atoms with Crippen molar-refractivity contribution in [1.82, 2.24) is 20.2 Å². The first-order chi connectivity index (χ1) is 12.7. The molecule has 3 aromatic rings. The Bertz CT molecular complexity index is 902. The number of H-pyrrole nitrogens is 1. The Morgan fingerprint density at radius 3 is 2.73 bits per heavy atom. The highest BCUT2D eigenvalue weighted by Crippen LogP contribution is 2.30. The molecular formula is C19H23N7. The Balaban J connectivity index is 1.53. The molecule has 134 valence electrons. The highest BCUT2D eigenvalue weighted by Gasteiger charge is 2.15. The van der Waals surface area contributed by atoms with E-state index in [0.29, 0.717) is 11.6 Å². The van der Waals surface area contributed by atoms with E-state index < -0.39 is 0 Å². The average molecular weight is 349 g/mol. The van der Waals surface area contributed by atoms with Crippen molar-refractivity contribution in [2.24, 2.45) is 0 Å². The second-order valence-corrected chi connectivity index (χ2v) is 6.50. The Morgan fingerprint density at radius 1 is 1.12 bits per heavy atom. The van der Waals surface area contributed by atoms with Gasteiger partial charge in [-0.3, -0.25) is 10.1 Å². The maximum atomic E-state index is 4.57. The number of hydrogen-bond acceptors (Lipinski definition) is 6. The minimum Gasteiger partial charge on any atom is -0.372 e. The minimum atomic E-state index is 0.648. The summed E-state index contributed by atoms with van der Waals surface area (Å²) in [7, 11) is 0. The van der Waals surface area contributed by atoms with E-state index in [0.717, 1.165) is 36.7 Å². The number of rotatable bonds is 5. The number of fused-ring (bicyclic) bond motifs is 1. The van der Waals surface area contributed by atoms with Gasteiger partial charge in [0.2, 0.25) is 0 Å². The molecule has 0 spiro atoms. The van der Waals surface area contributed by atoms with Gasteiger partial charge in [-0.2, -0.15) is 5.10 Å². The van der Waals surface area contributed by atoms with Crippen molar-refractivity contribution < 1.29 is 0 Å². The number of hydrogen-bond donors (Lipinski definition) is 3. The molecule has 0 amide bonds. The second-order valence-electron chi connectivity index (χ2n) is 6.50. The van der Waals surface area contributed by atoms with Gasteiger partial charge in [0, 0.05) is 36.2 Å². The van der Waals surface area contributed by atoms with E-state index in [4.69, 9.17) is 0 Å². The van der Waals surface area contributed by atoms with Crippen LogP contribution in [0.1, 0.15) is 24.6 Å². The van der Waals surface area contributed by atoms with Crippen LogP contribution in [0.3, 0.4) is 0 Å². The predicted octanol–water partition coefficient (Wildman–Crippen LogP) is 3.77. The van der Waals surface area contributed by atoms with Crippen LogP contribution in [0.25, 0.3) is 0 Å². The van der Waals surface area contributed by atoms with Gasteiger partial charge in [-0.1, -0.05) is 6.07 Å². The monoisotopic (exact) mass is 349 g/mol. The number of nitrogens with one attached hydrogen (secondary N) is 3. The van der Waals surface area contributed by atoms with E-state index >= 15 is 0 Å². The smallest absolute Gasteiger partial charge is 0.153 e. The summed E-state index contributed by atoms with van der Waals surface area (Å²) in [6.45, 7) is 6.30. The van der Waals surface area contributed by atoms with Gasteiger partial charge in [0.25, 0.3) is 0 Å². The second kappa shape index (κ2) is 7.03. The summed E-state index contributed by atoms with van der Waals surface area (Å²) in [6, 6.07) is 8.44. The lowest BCUT2D eigenvalue weighted by Crippen LogP contribution is -2.28. The molecule has 7 heteroatoms. The normalized spacial score (nSPS) is 13.4. The van der Waals surface area contributed by atoms with Crippen LogP contribution < -0.4 is 15.5 Å². The summed E-state index contributed by atoms with van der Waals surface area (Å²) in [6.07, 6.45) is 5.77. The molecule has 0 fully saturated rings. The highest BCUT2D eigenvalue weighted by molar-refractivity contribution is 5.67. The van der Waals surface area contributed by atoms with E-state index in [-0.39, 0.29) is 0 Å². The van der Waals surface area contributed by atoms with Crippen molar-refractivity contribution in [3.05, 3.63) is 47.9 Å². The Labute approximate surface area is 152 Å². The van der Waals surface area contributed by atoms with Gasteiger partial charge in [0.15, 0.2) is 17.5 Å². The SMILES string of the molecule is CCN1CCCc2ccc(Nc3cncc(Nc4cc(C)[nH]n4)n3)cc21. The third-order valence-corrected chi connectivity index (χ3v) is 4.55. The largest absolute Gasteiger partial charge is 0.372 e. The van der Waals surface area contributed by atoms with E-state index in [2.05, 4.69) is 60.8 Å². The van der Waals surface area contributed by atoms with Crippen LogP contribution in [0.5, 0.6) is 0 Å². The summed E-state index contributed by atoms with van der Waals surface area (Å²) in [4.78, 5) is 11.3. The molecule has 0 saturated carbocycles. The van der Waals surface area contributed by atoms with Crippen molar-refractivity contribution in [2.75, 3.05) is 28.6 Å². The first kappa shape index (κ1) is 16.4. The maximum absolute atomic E-state index is 4.57. The van der Waals surface area contributed by atoms with Gasteiger partial charge in [-0.25, -0.2) is 4.98 Å². The predicted molar refractivity (Wildman–Crippen MR) is 105 cm³/mol. The van der Waals surface area contributed by atoms with Crippen molar-refractivity contribution in [2.45, 2.75) is 26.7 Å². The molecule has 0 atom stereocenters. The van der Waals surface area contributed by atoms with Crippen LogP contribution in [0.15, 0.2) is 36.7 Å². The molecule has 2 aromatic heterocycles. The van der Waals surface area contributed by atoms with Gasteiger partial charge in [-0.05, 0) is 44.4 Å². The van der Waals surface area contributed by atoms with Crippen LogP contribution in [-0.4, -0.2) is 33.3 Å². The summed E-state index contributed by atoms with van der Waals surface area (Å²) < 4.78 is 0. The number of aromatic nitrogens is 4. The van der Waals surface area contributed by atoms with E-state index in [9.17, 15) is 0 Å². The fraction of sp³-hybridized carbons (Fsp3) is 0.316. The number of aromatic amines is 1. The van der Waals surface area contributed by atoms with Gasteiger partial charge >= 0.3 is 0 Å². The highest BCUT2D eigenvalue weighted by atomic mass is 15.2. The van der Waals surface area contributed by atoms with Gasteiger partial charge < -0.3 is 15.5 Å². The van der Waals surface area contributed by atoms with Crippen LogP contribution in [0.2, 0.25) is 0 Å². The van der Waals surface area contributed by atoms with E-state index in [1.54, 1.807) is 12.4 Å². The average Bonchev–Trinajstić information content (AvgIpc) is 3.06. The van der Waals surface area contributed by atoms with Crippen molar-refractivity contribution in [3.63, 3.8) is 0 Å². The number of aryl methyl sites for hydroxylation is 2. The lowest BCUT2D eigenvalue weighted by molar-refractivity contribution is 0.708. The van der Waals surface area contributed by atoms with Crippen LogP contribution in [-0.2, 0) is 6.42 Å². The molecule has 3 N–H and O–H groups in total. The molecule has 0 saturated heterocycles. The topological polar surface area (TPSA) is 81.8 Å². The zero-order chi connectivity index (χ0) is 17.9. The van der Waals surface area contributed by atoms with Gasteiger partial charge in [0.1, 0.15) is 0 Å². The molecule has 26 heavy (non-hydrogen) atoms. The summed E-state index contributed by atoms with van der Waals surface area (Å²) in [5, 5.41) is 13.6. The maximum Gasteiger partial charge on any atom is 0.153 e. The van der Waals surface area contributed by atoms with Gasteiger partial charge in [0.05, 0.1) is 12.4 Å². The number of benzene rings is 1. The molecule has 0 radical (unpaired) electrons. The van der Waals surface area contributed by atoms with E-state index in [1.165, 1.54) is 17.7 Å². The van der Waals surface area contributed by atoms with Crippen LogP contribution in [0.4, 0.5) is 28.8 Å². The molecule has 0 aliphatic carbocycles. The standard InChI is InChI=1S/C19H23N7/c1-3-26-8-4-5-14-6-7-15(10-16(14)26)21-18-11-20-12-19(23-18)22-17-9-13(2)24-25-17/h6-7,9-12H,3-5,8H2,1-2H3,(H3,21,22,23,24,25). The summed E-state index contributed by atoms with van der Waals surface area (Å²) in [5.74, 6) is 2.07. The van der Waals surface area contributed by atoms with Crippen molar-refractivity contribution >= 4 is 28.8 Å². The van der Waals surface area contributed by atoms with Gasteiger partial charge in [-0.15, -0.1) is 0 Å². The first-order valence-corrected chi connectivity index (χ1v) is 8.97. The lowest BCUT2D eigenvalue weighted by atomic mass is 10.0. The summed E-state index contributed by atoms with van der Waals surface area (Å²) in [5.41, 5.74) is 4.74. The molecule has 7 nitrogen and oxygen atoms in total. The minimum absolute atomic E-state index is 0.648. The molecule has 0 unspecified atom stereocenters. The molecule has 1 aliphatic heterocycles. The third kappa shape index (κ3) is 3.46. The Morgan fingerprint density at radius 2 is 1.96 bits per heavy atom. The molecule has 1 aromatic carbocycles. The Hall–Kier alpha value is -3.09. The fourth-order valence-corrected chi connectivity index (χ4v) is 3.30. The van der Waals surface area contributed by atoms with Crippen molar-refractivity contribution in [1.29, 1.82) is 0 Å². The molecule has 1 aliphatic rings. The molecular weight excluding hydrogens is 326 g/mol. The van der Waals surface area contributed by atoms with Crippen LogP contribution in [0, 0.1) is 6.92 Å². The zero-order valence-corrected chi connectivity index (χ0v) is 15.1. The van der Waals surface area contributed by atoms with Crippen LogP contribution >= 0.6 is 0 Å². The number of nitrogens with zero attached hydrogens (tertiary/aromatic N) is 4. The van der Waals surface area contributed by atoms with Crippen molar-refractivity contribution in [3.8, 4) is 0 Å². The number of anilines is 5.